The van der Waals surface area contributed by atoms with E-state index in [4.69, 9.17) is 11.6 Å². The Balaban J connectivity index is 2.00. The molecular formula is C15H11ClFNOS. The predicted molar refractivity (Wildman–Crippen MR) is 80.5 cm³/mol. The zero-order valence-electron chi connectivity index (χ0n) is 10.4. The van der Waals surface area contributed by atoms with Crippen LogP contribution >= 0.6 is 23.4 Å². The van der Waals surface area contributed by atoms with E-state index in [-0.39, 0.29) is 16.3 Å². The van der Waals surface area contributed by atoms with Crippen molar-refractivity contribution in [2.24, 2.45) is 0 Å². The molecule has 3 rings (SSSR count). The first-order chi connectivity index (χ1) is 9.66. The number of hydrogen-bond donors (Lipinski definition) is 0. The number of carbonyl (C=O) groups excluding carboxylic acids is 1. The zero-order valence-corrected chi connectivity index (χ0v) is 12.0. The number of benzene rings is 2. The number of hydrogen-bond acceptors (Lipinski definition) is 2. The van der Waals surface area contributed by atoms with Crippen LogP contribution in [0.1, 0.15) is 10.9 Å². The van der Waals surface area contributed by atoms with Gasteiger partial charge in [0.25, 0.3) is 0 Å². The topological polar surface area (TPSA) is 20.3 Å². The van der Waals surface area contributed by atoms with Crippen LogP contribution in [0.5, 0.6) is 0 Å². The molecule has 0 saturated carbocycles. The first-order valence-electron chi connectivity index (χ1n) is 6.10. The summed E-state index contributed by atoms with van der Waals surface area (Å²) < 4.78 is 13.6. The van der Waals surface area contributed by atoms with E-state index in [0.717, 1.165) is 5.56 Å². The molecule has 102 valence electrons. The second kappa shape index (κ2) is 5.46. The molecule has 1 aliphatic heterocycles. The van der Waals surface area contributed by atoms with Crippen molar-refractivity contribution in [1.82, 2.24) is 0 Å². The molecule has 2 aromatic rings. The zero-order chi connectivity index (χ0) is 14.1. The van der Waals surface area contributed by atoms with Crippen molar-refractivity contribution >= 4 is 35.0 Å². The number of carbonyl (C=O) groups is 1. The van der Waals surface area contributed by atoms with Crippen LogP contribution in [0.4, 0.5) is 10.1 Å². The molecule has 20 heavy (non-hydrogen) atoms. The molecule has 0 N–H and O–H groups in total. The largest absolute Gasteiger partial charge is 0.295 e. The fourth-order valence-corrected chi connectivity index (χ4v) is 3.50. The molecule has 0 aliphatic carbocycles. The number of nitrogens with zero attached hydrogens (tertiary/aromatic N) is 1. The molecule has 1 unspecified atom stereocenters. The van der Waals surface area contributed by atoms with Gasteiger partial charge >= 0.3 is 0 Å². The maximum absolute atomic E-state index is 13.6. The van der Waals surface area contributed by atoms with Crippen molar-refractivity contribution in [2.75, 3.05) is 10.7 Å². The summed E-state index contributed by atoms with van der Waals surface area (Å²) in [6.07, 6.45) is 0. The number of anilines is 1. The number of halogens is 2. The molecule has 1 heterocycles. The lowest BCUT2D eigenvalue weighted by molar-refractivity contribution is -0.115. The van der Waals surface area contributed by atoms with Gasteiger partial charge in [-0.25, -0.2) is 4.39 Å². The fraction of sp³-hybridized carbons (Fsp3) is 0.133. The Kier molecular flexibility index (Phi) is 3.68. The van der Waals surface area contributed by atoms with E-state index in [1.165, 1.54) is 23.9 Å². The predicted octanol–water partition coefficient (Wildman–Crippen LogP) is 4.26. The Hall–Kier alpha value is -1.52. The summed E-state index contributed by atoms with van der Waals surface area (Å²) in [6, 6.07) is 14.2. The SMILES string of the molecule is O=C1CSC(c2ccccc2)N1c1ccc(Cl)c(F)c1. The molecule has 0 spiro atoms. The molecule has 0 radical (unpaired) electrons. The molecule has 1 fully saturated rings. The standard InChI is InChI=1S/C15H11ClFNOS/c16-12-7-6-11(8-13(12)17)18-14(19)9-20-15(18)10-4-2-1-3-5-10/h1-8,15H,9H2. The quantitative estimate of drug-likeness (QED) is 0.826. The van der Waals surface area contributed by atoms with E-state index in [1.54, 1.807) is 11.0 Å². The normalized spacial score (nSPS) is 18.6. The first-order valence-corrected chi connectivity index (χ1v) is 7.53. The lowest BCUT2D eigenvalue weighted by atomic mass is 10.2. The number of rotatable bonds is 2. The number of amides is 1. The second-order valence-corrected chi connectivity index (χ2v) is 5.91. The van der Waals surface area contributed by atoms with Crippen LogP contribution in [0.3, 0.4) is 0 Å². The van der Waals surface area contributed by atoms with Gasteiger partial charge in [0.2, 0.25) is 5.91 Å². The molecule has 2 nitrogen and oxygen atoms in total. The summed E-state index contributed by atoms with van der Waals surface area (Å²) in [7, 11) is 0. The van der Waals surface area contributed by atoms with Crippen LogP contribution in [-0.4, -0.2) is 11.7 Å². The van der Waals surface area contributed by atoms with Crippen LogP contribution in [0.25, 0.3) is 0 Å². The van der Waals surface area contributed by atoms with Gasteiger partial charge in [-0.2, -0.15) is 0 Å². The van der Waals surface area contributed by atoms with Crippen LogP contribution < -0.4 is 4.90 Å². The Morgan fingerprint density at radius 2 is 1.95 bits per heavy atom. The van der Waals surface area contributed by atoms with Crippen molar-refractivity contribution in [3.63, 3.8) is 0 Å². The monoisotopic (exact) mass is 307 g/mol. The average molecular weight is 308 g/mol. The van der Waals surface area contributed by atoms with Gasteiger partial charge in [0, 0.05) is 5.69 Å². The minimum atomic E-state index is -0.513. The average Bonchev–Trinajstić information content (AvgIpc) is 2.85. The lowest BCUT2D eigenvalue weighted by Gasteiger charge is -2.24. The smallest absolute Gasteiger partial charge is 0.238 e. The highest BCUT2D eigenvalue weighted by Gasteiger charge is 2.34. The van der Waals surface area contributed by atoms with Gasteiger partial charge in [0.1, 0.15) is 11.2 Å². The molecule has 0 bridgehead atoms. The third-order valence-electron chi connectivity index (χ3n) is 3.13. The molecule has 0 aromatic heterocycles. The van der Waals surface area contributed by atoms with E-state index in [0.29, 0.717) is 11.4 Å². The highest BCUT2D eigenvalue weighted by Crippen LogP contribution is 2.42. The molecular weight excluding hydrogens is 297 g/mol. The van der Waals surface area contributed by atoms with Crippen molar-refractivity contribution in [1.29, 1.82) is 0 Å². The van der Waals surface area contributed by atoms with Gasteiger partial charge in [0.05, 0.1) is 10.8 Å². The third-order valence-corrected chi connectivity index (χ3v) is 4.65. The Bertz CT molecular complexity index is 650. The van der Waals surface area contributed by atoms with E-state index in [1.807, 2.05) is 30.3 Å². The Morgan fingerprint density at radius 1 is 1.20 bits per heavy atom. The summed E-state index contributed by atoms with van der Waals surface area (Å²) in [5.74, 6) is -0.143. The highest BCUT2D eigenvalue weighted by atomic mass is 35.5. The summed E-state index contributed by atoms with van der Waals surface area (Å²) in [6.45, 7) is 0. The van der Waals surface area contributed by atoms with E-state index in [2.05, 4.69) is 0 Å². The van der Waals surface area contributed by atoms with Crippen molar-refractivity contribution in [3.8, 4) is 0 Å². The second-order valence-electron chi connectivity index (χ2n) is 4.44. The molecule has 1 aliphatic rings. The van der Waals surface area contributed by atoms with Gasteiger partial charge in [-0.1, -0.05) is 41.9 Å². The third kappa shape index (κ3) is 2.41. The Labute approximate surface area is 125 Å². The van der Waals surface area contributed by atoms with Gasteiger partial charge in [-0.15, -0.1) is 11.8 Å². The summed E-state index contributed by atoms with van der Waals surface area (Å²) in [5, 5.41) is -0.0615. The maximum atomic E-state index is 13.6. The lowest BCUT2D eigenvalue weighted by Crippen LogP contribution is -2.27. The van der Waals surface area contributed by atoms with Gasteiger partial charge in [-0.3, -0.25) is 9.69 Å². The van der Waals surface area contributed by atoms with Crippen LogP contribution in [0.2, 0.25) is 5.02 Å². The number of thioether (sulfide) groups is 1. The maximum Gasteiger partial charge on any atom is 0.238 e. The molecule has 5 heteroatoms. The van der Waals surface area contributed by atoms with Gasteiger partial charge < -0.3 is 0 Å². The minimum absolute atomic E-state index is 0.0226. The minimum Gasteiger partial charge on any atom is -0.295 e. The molecule has 2 aromatic carbocycles. The fourth-order valence-electron chi connectivity index (χ4n) is 2.20. The van der Waals surface area contributed by atoms with E-state index >= 15 is 0 Å². The van der Waals surface area contributed by atoms with Crippen molar-refractivity contribution in [3.05, 3.63) is 64.9 Å². The summed E-state index contributed by atoms with van der Waals surface area (Å²) in [5.41, 5.74) is 1.56. The summed E-state index contributed by atoms with van der Waals surface area (Å²) >= 11 is 7.23. The molecule has 1 saturated heterocycles. The Morgan fingerprint density at radius 3 is 2.65 bits per heavy atom. The van der Waals surface area contributed by atoms with Crippen LogP contribution in [0, 0.1) is 5.82 Å². The van der Waals surface area contributed by atoms with Crippen molar-refractivity contribution in [2.45, 2.75) is 5.37 Å². The van der Waals surface area contributed by atoms with E-state index in [9.17, 15) is 9.18 Å². The van der Waals surface area contributed by atoms with Gasteiger partial charge in [0.15, 0.2) is 0 Å². The van der Waals surface area contributed by atoms with Crippen LogP contribution in [0.15, 0.2) is 48.5 Å². The molecule has 1 amide bonds. The van der Waals surface area contributed by atoms with Gasteiger partial charge in [-0.05, 0) is 23.8 Å². The molecule has 1 atom stereocenters. The van der Waals surface area contributed by atoms with Crippen molar-refractivity contribution < 1.29 is 9.18 Å². The highest BCUT2D eigenvalue weighted by molar-refractivity contribution is 8.00. The summed E-state index contributed by atoms with van der Waals surface area (Å²) in [4.78, 5) is 13.7. The first kappa shape index (κ1) is 13.5. The van der Waals surface area contributed by atoms with Crippen LogP contribution in [-0.2, 0) is 4.79 Å². The van der Waals surface area contributed by atoms with E-state index < -0.39 is 5.82 Å².